The van der Waals surface area contributed by atoms with Crippen LogP contribution in [-0.4, -0.2) is 28.7 Å². The number of rotatable bonds is 5. The van der Waals surface area contributed by atoms with Crippen LogP contribution in [0.2, 0.25) is 0 Å². The molecule has 0 radical (unpaired) electrons. The topological polar surface area (TPSA) is 75.7 Å². The fourth-order valence-corrected chi connectivity index (χ4v) is 3.69. The highest BCUT2D eigenvalue weighted by molar-refractivity contribution is 6.23. The molecule has 1 aliphatic rings. The minimum absolute atomic E-state index is 0.0720. The van der Waals surface area contributed by atoms with Gasteiger partial charge in [0, 0.05) is 5.69 Å². The van der Waals surface area contributed by atoms with Gasteiger partial charge in [0.1, 0.15) is 17.5 Å². The molecular formula is C27H26N2O4. The van der Waals surface area contributed by atoms with E-state index in [0.717, 1.165) is 10.6 Å². The number of carbonyl (C=O) groups is 3. The van der Waals surface area contributed by atoms with Gasteiger partial charge in [-0.25, -0.2) is 0 Å². The van der Waals surface area contributed by atoms with Crippen LogP contribution < -0.4 is 10.1 Å². The summed E-state index contributed by atoms with van der Waals surface area (Å²) in [7, 11) is 0. The van der Waals surface area contributed by atoms with Crippen LogP contribution in [0.4, 0.5) is 5.69 Å². The third-order valence-electron chi connectivity index (χ3n) is 5.67. The van der Waals surface area contributed by atoms with Gasteiger partial charge in [-0.3, -0.25) is 19.3 Å². The SMILES string of the molecule is C[C@@H](C(=O)Nc1ccc(Oc2ccc(C(C)(C)C)cc2)cc1)N1C(=O)c2ccccc2C1=O. The molecule has 1 heterocycles. The van der Waals surface area contributed by atoms with E-state index in [9.17, 15) is 14.4 Å². The maximum Gasteiger partial charge on any atom is 0.262 e. The highest BCUT2D eigenvalue weighted by Crippen LogP contribution is 2.28. The molecule has 1 N–H and O–H groups in total. The average molecular weight is 443 g/mol. The van der Waals surface area contributed by atoms with E-state index in [1.165, 1.54) is 12.5 Å². The molecule has 0 spiro atoms. The molecule has 0 saturated carbocycles. The van der Waals surface area contributed by atoms with Gasteiger partial charge < -0.3 is 10.1 Å². The highest BCUT2D eigenvalue weighted by Gasteiger charge is 2.40. The van der Waals surface area contributed by atoms with Crippen LogP contribution in [0.3, 0.4) is 0 Å². The largest absolute Gasteiger partial charge is 0.457 e. The van der Waals surface area contributed by atoms with Gasteiger partial charge in [-0.2, -0.15) is 0 Å². The quantitative estimate of drug-likeness (QED) is 0.537. The smallest absolute Gasteiger partial charge is 0.262 e. The van der Waals surface area contributed by atoms with Crippen LogP contribution in [0.25, 0.3) is 0 Å². The van der Waals surface area contributed by atoms with Crippen molar-refractivity contribution >= 4 is 23.4 Å². The summed E-state index contributed by atoms with van der Waals surface area (Å²) >= 11 is 0. The molecule has 4 rings (SSSR count). The first-order valence-corrected chi connectivity index (χ1v) is 10.8. The lowest BCUT2D eigenvalue weighted by atomic mass is 9.87. The Kier molecular flexibility index (Phi) is 5.77. The second kappa shape index (κ2) is 8.54. The van der Waals surface area contributed by atoms with E-state index >= 15 is 0 Å². The molecule has 1 atom stereocenters. The molecule has 1 aliphatic heterocycles. The van der Waals surface area contributed by atoms with Crippen molar-refractivity contribution in [2.75, 3.05) is 5.32 Å². The van der Waals surface area contributed by atoms with Crippen LogP contribution >= 0.6 is 0 Å². The van der Waals surface area contributed by atoms with Crippen molar-refractivity contribution < 1.29 is 19.1 Å². The molecule has 3 aromatic carbocycles. The number of imide groups is 1. The standard InChI is InChI=1S/C27H26N2O4/c1-17(29-25(31)22-7-5-6-8-23(22)26(29)32)24(30)28-19-11-15-21(16-12-19)33-20-13-9-18(10-14-20)27(2,3)4/h5-17H,1-4H3,(H,28,30)/t17-/m0/s1. The minimum atomic E-state index is -0.949. The number of anilines is 1. The van der Waals surface area contributed by atoms with Gasteiger partial charge in [-0.1, -0.05) is 45.0 Å². The van der Waals surface area contributed by atoms with E-state index in [1.807, 2.05) is 24.3 Å². The first-order valence-electron chi connectivity index (χ1n) is 10.8. The lowest BCUT2D eigenvalue weighted by Gasteiger charge is -2.21. The van der Waals surface area contributed by atoms with Gasteiger partial charge in [0.2, 0.25) is 5.91 Å². The first-order chi connectivity index (χ1) is 15.6. The Morgan fingerprint density at radius 3 is 1.79 bits per heavy atom. The molecule has 0 aromatic heterocycles. The summed E-state index contributed by atoms with van der Waals surface area (Å²) in [6.45, 7) is 8.01. The number of ether oxygens (including phenoxy) is 1. The summed E-state index contributed by atoms with van der Waals surface area (Å²) in [4.78, 5) is 39.0. The predicted molar refractivity (Wildman–Crippen MR) is 127 cm³/mol. The van der Waals surface area contributed by atoms with Crippen molar-refractivity contribution in [3.8, 4) is 11.5 Å². The molecular weight excluding hydrogens is 416 g/mol. The lowest BCUT2D eigenvalue weighted by Crippen LogP contribution is -2.45. The van der Waals surface area contributed by atoms with Gasteiger partial charge in [0.25, 0.3) is 11.8 Å². The molecule has 0 unspecified atom stereocenters. The Morgan fingerprint density at radius 2 is 1.30 bits per heavy atom. The molecule has 33 heavy (non-hydrogen) atoms. The van der Waals surface area contributed by atoms with E-state index in [1.54, 1.807) is 48.5 Å². The van der Waals surface area contributed by atoms with E-state index < -0.39 is 23.8 Å². The van der Waals surface area contributed by atoms with Gasteiger partial charge >= 0.3 is 0 Å². The fourth-order valence-electron chi connectivity index (χ4n) is 3.69. The Labute approximate surface area is 193 Å². The number of nitrogens with one attached hydrogen (secondary N) is 1. The van der Waals surface area contributed by atoms with Crippen molar-refractivity contribution in [1.29, 1.82) is 0 Å². The van der Waals surface area contributed by atoms with Crippen LogP contribution in [0.1, 0.15) is 54.0 Å². The number of carbonyl (C=O) groups excluding carboxylic acids is 3. The van der Waals surface area contributed by atoms with Crippen LogP contribution in [0.5, 0.6) is 11.5 Å². The average Bonchev–Trinajstić information content (AvgIpc) is 3.04. The summed E-state index contributed by atoms with van der Waals surface area (Å²) in [6, 6.07) is 20.5. The summed E-state index contributed by atoms with van der Waals surface area (Å²) in [6.07, 6.45) is 0. The van der Waals surface area contributed by atoms with Gasteiger partial charge in [-0.05, 0) is 66.4 Å². The van der Waals surface area contributed by atoms with Crippen LogP contribution in [-0.2, 0) is 10.2 Å². The molecule has 6 nitrogen and oxygen atoms in total. The molecule has 0 bridgehead atoms. The monoisotopic (exact) mass is 442 g/mol. The summed E-state index contributed by atoms with van der Waals surface area (Å²) in [5.74, 6) is -0.0150. The second-order valence-electron chi connectivity index (χ2n) is 9.09. The number of benzene rings is 3. The normalized spacial score (nSPS) is 14.1. The predicted octanol–water partition coefficient (Wildman–Crippen LogP) is 5.40. The van der Waals surface area contributed by atoms with E-state index in [0.29, 0.717) is 22.6 Å². The van der Waals surface area contributed by atoms with Crippen molar-refractivity contribution in [2.45, 2.75) is 39.2 Å². The maximum atomic E-state index is 12.7. The zero-order valence-corrected chi connectivity index (χ0v) is 19.1. The lowest BCUT2D eigenvalue weighted by molar-refractivity contribution is -0.119. The fraction of sp³-hybridized carbons (Fsp3) is 0.222. The summed E-state index contributed by atoms with van der Waals surface area (Å²) in [5.41, 5.74) is 2.47. The van der Waals surface area contributed by atoms with Crippen molar-refractivity contribution in [1.82, 2.24) is 4.90 Å². The molecule has 0 aliphatic carbocycles. The van der Waals surface area contributed by atoms with Crippen molar-refractivity contribution in [3.05, 3.63) is 89.5 Å². The number of hydrogen-bond donors (Lipinski definition) is 1. The zero-order chi connectivity index (χ0) is 23.8. The Bertz CT molecular complexity index is 1170. The molecule has 3 aromatic rings. The van der Waals surface area contributed by atoms with Gasteiger partial charge in [0.05, 0.1) is 11.1 Å². The number of amides is 3. The molecule has 0 fully saturated rings. The third kappa shape index (κ3) is 4.51. The van der Waals surface area contributed by atoms with Crippen LogP contribution in [0, 0.1) is 0 Å². The Balaban J connectivity index is 1.39. The minimum Gasteiger partial charge on any atom is -0.457 e. The van der Waals surface area contributed by atoms with Crippen molar-refractivity contribution in [2.24, 2.45) is 0 Å². The van der Waals surface area contributed by atoms with Crippen LogP contribution in [0.15, 0.2) is 72.8 Å². The number of nitrogens with zero attached hydrogens (tertiary/aromatic N) is 1. The Morgan fingerprint density at radius 1 is 0.818 bits per heavy atom. The maximum absolute atomic E-state index is 12.7. The zero-order valence-electron chi connectivity index (χ0n) is 19.1. The summed E-state index contributed by atoms with van der Waals surface area (Å²) in [5, 5.41) is 2.76. The second-order valence-corrected chi connectivity index (χ2v) is 9.09. The number of fused-ring (bicyclic) bond motifs is 1. The molecule has 6 heteroatoms. The van der Waals surface area contributed by atoms with Gasteiger partial charge in [0.15, 0.2) is 0 Å². The summed E-state index contributed by atoms with van der Waals surface area (Å²) < 4.78 is 5.89. The Hall–Kier alpha value is -3.93. The van der Waals surface area contributed by atoms with Crippen molar-refractivity contribution in [3.63, 3.8) is 0 Å². The first kappa shape index (κ1) is 22.3. The number of hydrogen-bond acceptors (Lipinski definition) is 4. The molecule has 168 valence electrons. The molecule has 3 amide bonds. The third-order valence-corrected chi connectivity index (χ3v) is 5.67. The van der Waals surface area contributed by atoms with Gasteiger partial charge in [-0.15, -0.1) is 0 Å². The van der Waals surface area contributed by atoms with E-state index in [-0.39, 0.29) is 5.41 Å². The highest BCUT2D eigenvalue weighted by atomic mass is 16.5. The molecule has 0 saturated heterocycles. The van der Waals surface area contributed by atoms with E-state index in [4.69, 9.17) is 4.74 Å². The van der Waals surface area contributed by atoms with E-state index in [2.05, 4.69) is 26.1 Å².